The summed E-state index contributed by atoms with van der Waals surface area (Å²) in [5.41, 5.74) is 0.138. The second kappa shape index (κ2) is 9.41. The van der Waals surface area contributed by atoms with Gasteiger partial charge in [-0.25, -0.2) is 13.8 Å². The molecule has 1 amide bonds. The van der Waals surface area contributed by atoms with Gasteiger partial charge in [-0.05, 0) is 37.3 Å². The Morgan fingerprint density at radius 2 is 2.04 bits per heavy atom. The number of hydrogen-bond acceptors (Lipinski definition) is 3. The molecule has 0 bridgehead atoms. The summed E-state index contributed by atoms with van der Waals surface area (Å²) < 4.78 is 31.9. The van der Waals surface area contributed by atoms with Crippen LogP contribution in [0.1, 0.15) is 18.2 Å². The fourth-order valence-corrected chi connectivity index (χ4v) is 2.00. The second-order valence-electron chi connectivity index (χ2n) is 5.14. The van der Waals surface area contributed by atoms with Crippen LogP contribution in [0.3, 0.4) is 0 Å². The summed E-state index contributed by atoms with van der Waals surface area (Å²) in [5, 5.41) is 8.46. The highest BCUT2D eigenvalue weighted by Gasteiger charge is 2.06. The zero-order chi connectivity index (χ0) is 18.1. The van der Waals surface area contributed by atoms with E-state index in [2.05, 4.69) is 20.9 Å². The molecule has 1 aromatic carbocycles. The molecule has 1 heterocycles. The standard InChI is InChI=1S/C17H20F2N4O2/c1-2-20-17(22-9-12-8-13(18)5-6-15(12)19)23-11-16(24)21-10-14-4-3-7-25-14/h3-8H,2,9-11H2,1H3,(H,21,24)(H2,20,22,23). The molecule has 0 unspecified atom stereocenters. The minimum Gasteiger partial charge on any atom is -0.467 e. The van der Waals surface area contributed by atoms with Crippen molar-refractivity contribution >= 4 is 11.9 Å². The van der Waals surface area contributed by atoms with E-state index in [1.165, 1.54) is 6.26 Å². The quantitative estimate of drug-likeness (QED) is 0.527. The Balaban J connectivity index is 1.86. The molecule has 0 saturated heterocycles. The molecule has 25 heavy (non-hydrogen) atoms. The Morgan fingerprint density at radius 3 is 2.76 bits per heavy atom. The largest absolute Gasteiger partial charge is 0.467 e. The van der Waals surface area contributed by atoms with Crippen LogP contribution in [0.5, 0.6) is 0 Å². The van der Waals surface area contributed by atoms with Crippen molar-refractivity contribution in [1.29, 1.82) is 0 Å². The smallest absolute Gasteiger partial charge is 0.239 e. The highest BCUT2D eigenvalue weighted by molar-refractivity contribution is 5.86. The third kappa shape index (κ3) is 6.25. The maximum atomic E-state index is 13.6. The topological polar surface area (TPSA) is 78.7 Å². The number of aliphatic imine (C=N–C) groups is 1. The lowest BCUT2D eigenvalue weighted by molar-refractivity contribution is -0.120. The van der Waals surface area contributed by atoms with E-state index in [4.69, 9.17) is 4.42 Å². The molecule has 0 aliphatic rings. The van der Waals surface area contributed by atoms with Crippen molar-refractivity contribution in [1.82, 2.24) is 16.0 Å². The number of rotatable bonds is 7. The summed E-state index contributed by atoms with van der Waals surface area (Å²) in [6.07, 6.45) is 1.53. The lowest BCUT2D eigenvalue weighted by Gasteiger charge is -2.11. The van der Waals surface area contributed by atoms with Crippen LogP contribution in [0, 0.1) is 11.6 Å². The highest BCUT2D eigenvalue weighted by Crippen LogP contribution is 2.10. The molecule has 3 N–H and O–H groups in total. The number of carbonyl (C=O) groups excluding carboxylic acids is 1. The Morgan fingerprint density at radius 1 is 1.20 bits per heavy atom. The van der Waals surface area contributed by atoms with Crippen molar-refractivity contribution in [3.05, 3.63) is 59.6 Å². The summed E-state index contributed by atoms with van der Waals surface area (Å²) in [6.45, 7) is 2.64. The molecule has 2 aromatic rings. The van der Waals surface area contributed by atoms with E-state index in [-0.39, 0.29) is 31.1 Å². The van der Waals surface area contributed by atoms with E-state index in [1.807, 2.05) is 6.92 Å². The van der Waals surface area contributed by atoms with Crippen LogP contribution >= 0.6 is 0 Å². The van der Waals surface area contributed by atoms with Crippen LogP contribution in [0.15, 0.2) is 46.0 Å². The van der Waals surface area contributed by atoms with Gasteiger partial charge in [0.25, 0.3) is 0 Å². The SMILES string of the molecule is CCNC(=NCc1cc(F)ccc1F)NCC(=O)NCc1ccco1. The first kappa shape index (κ1) is 18.4. The number of nitrogens with one attached hydrogen (secondary N) is 3. The van der Waals surface area contributed by atoms with Crippen molar-refractivity contribution in [2.75, 3.05) is 13.1 Å². The van der Waals surface area contributed by atoms with Gasteiger partial charge in [-0.1, -0.05) is 0 Å². The molecule has 0 fully saturated rings. The van der Waals surface area contributed by atoms with Gasteiger partial charge in [-0.3, -0.25) is 4.79 Å². The van der Waals surface area contributed by atoms with E-state index in [1.54, 1.807) is 12.1 Å². The summed E-state index contributed by atoms with van der Waals surface area (Å²) in [4.78, 5) is 16.0. The number of carbonyl (C=O) groups is 1. The summed E-state index contributed by atoms with van der Waals surface area (Å²) in [7, 11) is 0. The number of furan rings is 1. The molecule has 0 aliphatic heterocycles. The number of nitrogens with zero attached hydrogens (tertiary/aromatic N) is 1. The normalized spacial score (nSPS) is 11.2. The Labute approximate surface area is 144 Å². The molecular weight excluding hydrogens is 330 g/mol. The van der Waals surface area contributed by atoms with Crippen molar-refractivity contribution in [2.45, 2.75) is 20.0 Å². The van der Waals surface area contributed by atoms with Crippen LogP contribution in [-0.4, -0.2) is 25.0 Å². The first-order valence-corrected chi connectivity index (χ1v) is 7.83. The average Bonchev–Trinajstić information content (AvgIpc) is 3.11. The zero-order valence-corrected chi connectivity index (χ0v) is 13.8. The van der Waals surface area contributed by atoms with Crippen LogP contribution in [0.2, 0.25) is 0 Å². The molecule has 0 atom stereocenters. The van der Waals surface area contributed by atoms with Gasteiger partial charge in [0.1, 0.15) is 17.4 Å². The summed E-state index contributed by atoms with van der Waals surface area (Å²) >= 11 is 0. The first-order valence-electron chi connectivity index (χ1n) is 7.83. The van der Waals surface area contributed by atoms with Gasteiger partial charge in [0.15, 0.2) is 5.96 Å². The maximum absolute atomic E-state index is 13.6. The van der Waals surface area contributed by atoms with Crippen LogP contribution in [0.4, 0.5) is 8.78 Å². The molecule has 0 spiro atoms. The zero-order valence-electron chi connectivity index (χ0n) is 13.8. The number of amides is 1. The van der Waals surface area contributed by atoms with E-state index >= 15 is 0 Å². The number of hydrogen-bond donors (Lipinski definition) is 3. The minimum absolute atomic E-state index is 0.0157. The average molecular weight is 350 g/mol. The Hall–Kier alpha value is -2.90. The predicted molar refractivity (Wildman–Crippen MR) is 89.7 cm³/mol. The fourth-order valence-electron chi connectivity index (χ4n) is 2.00. The van der Waals surface area contributed by atoms with Gasteiger partial charge in [0.05, 0.1) is 25.9 Å². The lowest BCUT2D eigenvalue weighted by Crippen LogP contribution is -2.43. The molecule has 2 rings (SSSR count). The highest BCUT2D eigenvalue weighted by atomic mass is 19.1. The van der Waals surface area contributed by atoms with E-state index in [0.29, 0.717) is 18.3 Å². The minimum atomic E-state index is -0.530. The number of guanidine groups is 1. The van der Waals surface area contributed by atoms with Crippen molar-refractivity contribution in [3.63, 3.8) is 0 Å². The fraction of sp³-hybridized carbons (Fsp3) is 0.294. The molecule has 6 nitrogen and oxygen atoms in total. The van der Waals surface area contributed by atoms with Crippen LogP contribution < -0.4 is 16.0 Å². The predicted octanol–water partition coefficient (Wildman–Crippen LogP) is 1.93. The van der Waals surface area contributed by atoms with Gasteiger partial charge in [-0.15, -0.1) is 0 Å². The molecule has 0 aliphatic carbocycles. The molecule has 134 valence electrons. The Bertz CT molecular complexity index is 717. The van der Waals surface area contributed by atoms with Crippen molar-refractivity contribution in [2.24, 2.45) is 4.99 Å². The maximum Gasteiger partial charge on any atom is 0.239 e. The van der Waals surface area contributed by atoms with Crippen LogP contribution in [-0.2, 0) is 17.9 Å². The van der Waals surface area contributed by atoms with E-state index in [9.17, 15) is 13.6 Å². The summed E-state index contributed by atoms with van der Waals surface area (Å²) in [5.74, 6) is -0.326. The first-order chi connectivity index (χ1) is 12.1. The molecular formula is C17H20F2N4O2. The molecule has 0 radical (unpaired) electrons. The monoisotopic (exact) mass is 350 g/mol. The summed E-state index contributed by atoms with van der Waals surface area (Å²) in [6, 6.07) is 6.70. The molecule has 8 heteroatoms. The number of halogens is 2. The molecule has 1 aromatic heterocycles. The third-order valence-corrected chi connectivity index (χ3v) is 3.22. The lowest BCUT2D eigenvalue weighted by atomic mass is 10.2. The third-order valence-electron chi connectivity index (χ3n) is 3.22. The van der Waals surface area contributed by atoms with Gasteiger partial charge in [0, 0.05) is 12.1 Å². The van der Waals surface area contributed by atoms with Crippen molar-refractivity contribution < 1.29 is 18.0 Å². The molecule has 0 saturated carbocycles. The van der Waals surface area contributed by atoms with E-state index in [0.717, 1.165) is 18.2 Å². The van der Waals surface area contributed by atoms with Gasteiger partial charge in [0.2, 0.25) is 5.91 Å². The van der Waals surface area contributed by atoms with Gasteiger partial charge in [-0.2, -0.15) is 0 Å². The second-order valence-corrected chi connectivity index (χ2v) is 5.14. The number of benzene rings is 1. The Kier molecular flexibility index (Phi) is 6.94. The van der Waals surface area contributed by atoms with Crippen molar-refractivity contribution in [3.8, 4) is 0 Å². The van der Waals surface area contributed by atoms with Crippen LogP contribution in [0.25, 0.3) is 0 Å². The van der Waals surface area contributed by atoms with Gasteiger partial charge >= 0.3 is 0 Å². The van der Waals surface area contributed by atoms with E-state index < -0.39 is 11.6 Å². The van der Waals surface area contributed by atoms with Gasteiger partial charge < -0.3 is 20.4 Å².